The summed E-state index contributed by atoms with van der Waals surface area (Å²) in [5.74, 6) is -0.103. The monoisotopic (exact) mass is 354 g/mol. The van der Waals surface area contributed by atoms with Gasteiger partial charge in [-0.25, -0.2) is 3.96 Å². The summed E-state index contributed by atoms with van der Waals surface area (Å²) in [6.45, 7) is 7.01. The first-order chi connectivity index (χ1) is 12.0. The second-order valence-electron chi connectivity index (χ2n) is 5.66. The molecule has 0 saturated heterocycles. The van der Waals surface area contributed by atoms with Gasteiger partial charge in [0.2, 0.25) is 0 Å². The van der Waals surface area contributed by atoms with E-state index in [1.807, 2.05) is 18.2 Å². The van der Waals surface area contributed by atoms with Crippen LogP contribution in [0.25, 0.3) is 21.4 Å². The van der Waals surface area contributed by atoms with Gasteiger partial charge < -0.3 is 0 Å². The van der Waals surface area contributed by atoms with Gasteiger partial charge in [-0.3, -0.25) is 20.0 Å². The van der Waals surface area contributed by atoms with Crippen molar-refractivity contribution < 1.29 is 4.79 Å². The van der Waals surface area contributed by atoms with E-state index in [1.54, 1.807) is 23.9 Å². The third-order valence-corrected chi connectivity index (χ3v) is 4.89. The van der Waals surface area contributed by atoms with Gasteiger partial charge in [-0.15, -0.1) is 5.10 Å². The van der Waals surface area contributed by atoms with Gasteiger partial charge in [0.05, 0.1) is 15.8 Å². The highest BCUT2D eigenvalue weighted by Crippen LogP contribution is 2.25. The van der Waals surface area contributed by atoms with Crippen LogP contribution in [0.5, 0.6) is 0 Å². The summed E-state index contributed by atoms with van der Waals surface area (Å²) < 4.78 is 3.95. The van der Waals surface area contributed by atoms with Crippen molar-refractivity contribution >= 4 is 39.1 Å². The minimum atomic E-state index is -0.345. The van der Waals surface area contributed by atoms with E-state index in [2.05, 4.69) is 27.2 Å². The summed E-state index contributed by atoms with van der Waals surface area (Å²) in [5, 5.41) is 14.6. The van der Waals surface area contributed by atoms with Crippen molar-refractivity contribution in [3.8, 4) is 5.69 Å². The third kappa shape index (κ3) is 2.28. The van der Waals surface area contributed by atoms with Gasteiger partial charge in [0.15, 0.2) is 5.65 Å². The zero-order valence-electron chi connectivity index (χ0n) is 13.5. The van der Waals surface area contributed by atoms with Crippen LogP contribution in [-0.2, 0) is 4.79 Å². The molecule has 4 rings (SSSR count). The lowest BCUT2D eigenvalue weighted by molar-refractivity contribution is -0.112. The number of aromatic nitrogens is 5. The zero-order chi connectivity index (χ0) is 17.7. The average Bonchev–Trinajstić information content (AvgIpc) is 3.21. The fourth-order valence-corrected chi connectivity index (χ4v) is 3.66. The van der Waals surface area contributed by atoms with Gasteiger partial charge >= 0.3 is 0 Å². The van der Waals surface area contributed by atoms with E-state index in [4.69, 9.17) is 0 Å². The number of rotatable bonds is 3. The molecule has 0 aliphatic heterocycles. The predicted octanol–water partition coefficient (Wildman–Crippen LogP) is 2.25. The summed E-state index contributed by atoms with van der Waals surface area (Å²) >= 11 is 1.34. The molecular formula is C16H14N6O2S. The molecule has 2 N–H and O–H groups in total. The summed E-state index contributed by atoms with van der Waals surface area (Å²) in [5.41, 5.74) is 2.05. The van der Waals surface area contributed by atoms with Crippen LogP contribution in [0.2, 0.25) is 0 Å². The van der Waals surface area contributed by atoms with E-state index >= 15 is 0 Å². The Morgan fingerprint density at radius 1 is 1.36 bits per heavy atom. The quantitative estimate of drug-likeness (QED) is 0.551. The molecular weight excluding hydrogens is 340 g/mol. The normalized spacial score (nSPS) is 11.3. The summed E-state index contributed by atoms with van der Waals surface area (Å²) in [7, 11) is 0. The molecule has 0 unspecified atom stereocenters. The number of aryl methyl sites for hydroxylation is 1. The Morgan fingerprint density at radius 3 is 2.84 bits per heavy atom. The van der Waals surface area contributed by atoms with Crippen LogP contribution >= 0.6 is 11.5 Å². The SMILES string of the molecule is C=C(C)C(=O)Nc1n[nH]c2c(-n3sc4ccccc4c3=O)c(C)nn12. The molecule has 3 aromatic heterocycles. The Bertz CT molecular complexity index is 1210. The molecule has 0 fully saturated rings. The molecule has 0 saturated carbocycles. The lowest BCUT2D eigenvalue weighted by Crippen LogP contribution is -2.14. The Hall–Kier alpha value is -3.20. The van der Waals surface area contributed by atoms with Gasteiger partial charge in [-0.1, -0.05) is 30.2 Å². The third-order valence-electron chi connectivity index (χ3n) is 3.80. The second-order valence-corrected chi connectivity index (χ2v) is 6.65. The Morgan fingerprint density at radius 2 is 2.12 bits per heavy atom. The highest BCUT2D eigenvalue weighted by molar-refractivity contribution is 7.14. The fraction of sp³-hybridized carbons (Fsp3) is 0.125. The zero-order valence-corrected chi connectivity index (χ0v) is 14.3. The molecule has 0 radical (unpaired) electrons. The number of carbonyl (C=O) groups excluding carboxylic acids is 1. The minimum Gasteiger partial charge on any atom is -0.289 e. The molecule has 3 heterocycles. The van der Waals surface area contributed by atoms with Crippen LogP contribution in [0.15, 0.2) is 41.2 Å². The molecule has 0 bridgehead atoms. The number of carbonyl (C=O) groups is 1. The predicted molar refractivity (Wildman–Crippen MR) is 96.5 cm³/mol. The molecule has 0 atom stereocenters. The van der Waals surface area contributed by atoms with E-state index in [-0.39, 0.29) is 17.4 Å². The molecule has 1 amide bonds. The van der Waals surface area contributed by atoms with E-state index in [0.717, 1.165) is 4.70 Å². The van der Waals surface area contributed by atoms with E-state index in [1.165, 1.54) is 16.0 Å². The van der Waals surface area contributed by atoms with Crippen LogP contribution < -0.4 is 10.9 Å². The van der Waals surface area contributed by atoms with E-state index in [9.17, 15) is 9.59 Å². The topological polar surface area (TPSA) is 97.1 Å². The van der Waals surface area contributed by atoms with Gasteiger partial charge in [0.1, 0.15) is 5.69 Å². The number of amides is 1. The highest BCUT2D eigenvalue weighted by atomic mass is 32.1. The lowest BCUT2D eigenvalue weighted by Gasteiger charge is -1.99. The number of hydrogen-bond donors (Lipinski definition) is 2. The number of fused-ring (bicyclic) bond motifs is 2. The molecule has 4 aromatic rings. The smallest absolute Gasteiger partial charge is 0.273 e. The summed E-state index contributed by atoms with van der Waals surface area (Å²) in [6.07, 6.45) is 0. The number of anilines is 1. The van der Waals surface area contributed by atoms with Crippen LogP contribution in [0.1, 0.15) is 12.6 Å². The molecule has 0 aliphatic carbocycles. The standard InChI is InChI=1S/C16H14N6O2S/c1-8(2)14(23)17-16-19-18-13-12(9(3)20-21(13)16)22-15(24)10-6-4-5-7-11(10)25-22/h4-7,18H,1H2,2-3H3,(H,17,19,23). The van der Waals surface area contributed by atoms with E-state index in [0.29, 0.717) is 28.0 Å². The fourth-order valence-electron chi connectivity index (χ4n) is 2.58. The summed E-state index contributed by atoms with van der Waals surface area (Å²) in [4.78, 5) is 24.5. The molecule has 25 heavy (non-hydrogen) atoms. The van der Waals surface area contributed by atoms with Crippen LogP contribution in [0, 0.1) is 6.92 Å². The number of H-pyrrole nitrogens is 1. The van der Waals surface area contributed by atoms with Gasteiger partial charge in [0.25, 0.3) is 17.4 Å². The van der Waals surface area contributed by atoms with Crippen LogP contribution in [-0.4, -0.2) is 29.7 Å². The highest BCUT2D eigenvalue weighted by Gasteiger charge is 2.21. The molecule has 0 spiro atoms. The van der Waals surface area contributed by atoms with Gasteiger partial charge in [0, 0.05) is 5.57 Å². The average molecular weight is 354 g/mol. The van der Waals surface area contributed by atoms with Crippen molar-refractivity contribution in [2.24, 2.45) is 0 Å². The first-order valence-electron chi connectivity index (χ1n) is 7.49. The van der Waals surface area contributed by atoms with Crippen molar-refractivity contribution in [2.45, 2.75) is 13.8 Å². The molecule has 0 aliphatic rings. The molecule has 8 nitrogen and oxygen atoms in total. The van der Waals surface area contributed by atoms with Crippen LogP contribution in [0.3, 0.4) is 0 Å². The maximum atomic E-state index is 12.7. The molecule has 126 valence electrons. The minimum absolute atomic E-state index is 0.110. The first-order valence-corrected chi connectivity index (χ1v) is 8.26. The Labute approximate surface area is 145 Å². The number of nitrogens with zero attached hydrogens (tertiary/aromatic N) is 4. The number of benzene rings is 1. The van der Waals surface area contributed by atoms with Crippen molar-refractivity contribution in [1.29, 1.82) is 0 Å². The Balaban J connectivity index is 1.91. The second kappa shape index (κ2) is 5.42. The van der Waals surface area contributed by atoms with E-state index < -0.39 is 0 Å². The molecule has 1 aromatic carbocycles. The van der Waals surface area contributed by atoms with Crippen LogP contribution in [0.4, 0.5) is 5.95 Å². The number of hydrogen-bond acceptors (Lipinski definition) is 5. The summed E-state index contributed by atoms with van der Waals surface area (Å²) in [6, 6.07) is 7.43. The van der Waals surface area contributed by atoms with Crippen molar-refractivity contribution in [3.05, 3.63) is 52.5 Å². The van der Waals surface area contributed by atoms with Crippen molar-refractivity contribution in [1.82, 2.24) is 23.8 Å². The maximum absolute atomic E-state index is 12.7. The molecule has 9 heteroatoms. The maximum Gasteiger partial charge on any atom is 0.273 e. The number of aromatic amines is 1. The van der Waals surface area contributed by atoms with Gasteiger partial charge in [-0.05, 0) is 26.0 Å². The van der Waals surface area contributed by atoms with Gasteiger partial charge in [-0.2, -0.15) is 9.61 Å². The first kappa shape index (κ1) is 15.3. The number of nitrogens with one attached hydrogen (secondary N) is 2. The van der Waals surface area contributed by atoms with Crippen molar-refractivity contribution in [3.63, 3.8) is 0 Å². The largest absolute Gasteiger partial charge is 0.289 e. The Kier molecular flexibility index (Phi) is 3.32. The lowest BCUT2D eigenvalue weighted by atomic mass is 10.3. The van der Waals surface area contributed by atoms with Crippen molar-refractivity contribution in [2.75, 3.05) is 5.32 Å².